The minimum atomic E-state index is -0.0509. The second-order valence-corrected chi connectivity index (χ2v) is 3.10. The van der Waals surface area contributed by atoms with Crippen molar-refractivity contribution in [2.75, 3.05) is 6.54 Å². The van der Waals surface area contributed by atoms with E-state index in [0.29, 0.717) is 12.0 Å². The van der Waals surface area contributed by atoms with E-state index in [-0.39, 0.29) is 6.10 Å². The Morgan fingerprint density at radius 2 is 2.11 bits per heavy atom. The Hall–Kier alpha value is -0.0800. The van der Waals surface area contributed by atoms with Gasteiger partial charge in [0.2, 0.25) is 0 Å². The van der Waals surface area contributed by atoms with Crippen LogP contribution >= 0.6 is 0 Å². The first-order chi connectivity index (χ1) is 4.22. The number of rotatable bonds is 0. The predicted molar refractivity (Wildman–Crippen MR) is 36.0 cm³/mol. The highest BCUT2D eigenvalue weighted by Crippen LogP contribution is 2.10. The van der Waals surface area contributed by atoms with Crippen molar-refractivity contribution in [1.82, 2.24) is 0 Å². The van der Waals surface area contributed by atoms with Crippen LogP contribution < -0.4 is 5.32 Å². The maximum atomic E-state index is 9.33. The first kappa shape index (κ1) is 7.03. The molecule has 1 heterocycles. The predicted octanol–water partition coefficient (Wildman–Crippen LogP) is -0.661. The summed E-state index contributed by atoms with van der Waals surface area (Å²) in [6.45, 7) is 5.38. The fourth-order valence-electron chi connectivity index (χ4n) is 1.36. The molecule has 0 unspecified atom stereocenters. The van der Waals surface area contributed by atoms with E-state index >= 15 is 0 Å². The zero-order valence-electron chi connectivity index (χ0n) is 6.17. The number of hydrogen-bond donors (Lipinski definition) is 2. The number of nitrogens with two attached hydrogens (primary N) is 1. The first-order valence-corrected chi connectivity index (χ1v) is 3.73. The van der Waals surface area contributed by atoms with Gasteiger partial charge in [-0.25, -0.2) is 0 Å². The maximum absolute atomic E-state index is 9.33. The summed E-state index contributed by atoms with van der Waals surface area (Å²) in [6.07, 6.45) is 0.913. The third kappa shape index (κ3) is 1.43. The molecule has 1 rings (SSSR count). The van der Waals surface area contributed by atoms with E-state index in [1.165, 1.54) is 0 Å². The molecule has 0 aromatic carbocycles. The van der Waals surface area contributed by atoms with Gasteiger partial charge in [-0.15, -0.1) is 0 Å². The average molecular weight is 130 g/mol. The van der Waals surface area contributed by atoms with Crippen LogP contribution in [0.4, 0.5) is 0 Å². The molecule has 0 aromatic rings. The van der Waals surface area contributed by atoms with Crippen LogP contribution in [-0.4, -0.2) is 23.8 Å². The normalized spacial score (nSPS) is 45.0. The van der Waals surface area contributed by atoms with Crippen LogP contribution in [0, 0.1) is 5.92 Å². The summed E-state index contributed by atoms with van der Waals surface area (Å²) in [5.74, 6) is 0.471. The first-order valence-electron chi connectivity index (χ1n) is 3.73. The molecule has 2 heteroatoms. The highest BCUT2D eigenvalue weighted by molar-refractivity contribution is 4.71. The summed E-state index contributed by atoms with van der Waals surface area (Å²) in [6, 6.07) is 0.605. The summed E-state index contributed by atoms with van der Waals surface area (Å²) in [4.78, 5) is 0. The van der Waals surface area contributed by atoms with Gasteiger partial charge in [0.05, 0.1) is 18.7 Å². The van der Waals surface area contributed by atoms with Gasteiger partial charge in [0, 0.05) is 12.3 Å². The number of aliphatic hydroxyl groups is 1. The highest BCUT2D eigenvalue weighted by Gasteiger charge is 2.27. The fourth-order valence-corrected chi connectivity index (χ4v) is 1.36. The second-order valence-electron chi connectivity index (χ2n) is 3.10. The molecule has 1 saturated heterocycles. The molecule has 0 aliphatic carbocycles. The van der Waals surface area contributed by atoms with E-state index in [2.05, 4.69) is 19.2 Å². The van der Waals surface area contributed by atoms with Crippen molar-refractivity contribution in [2.24, 2.45) is 5.92 Å². The zero-order valence-corrected chi connectivity index (χ0v) is 6.17. The number of hydrogen-bond acceptors (Lipinski definition) is 1. The molecule has 1 aliphatic rings. The minimum absolute atomic E-state index is 0.0509. The van der Waals surface area contributed by atoms with Crippen molar-refractivity contribution in [3.63, 3.8) is 0 Å². The summed E-state index contributed by atoms with van der Waals surface area (Å²) < 4.78 is 0. The molecule has 9 heavy (non-hydrogen) atoms. The van der Waals surface area contributed by atoms with Crippen LogP contribution in [0.2, 0.25) is 0 Å². The van der Waals surface area contributed by atoms with Crippen LogP contribution in [0.15, 0.2) is 0 Å². The molecular formula is C7H16NO+. The van der Waals surface area contributed by atoms with Crippen molar-refractivity contribution in [2.45, 2.75) is 32.4 Å². The quantitative estimate of drug-likeness (QED) is 0.449. The van der Waals surface area contributed by atoms with Crippen LogP contribution in [0.5, 0.6) is 0 Å². The Morgan fingerprint density at radius 3 is 2.56 bits per heavy atom. The van der Waals surface area contributed by atoms with Crippen molar-refractivity contribution < 1.29 is 10.4 Å². The molecule has 1 fully saturated rings. The van der Waals surface area contributed by atoms with Gasteiger partial charge in [0.1, 0.15) is 0 Å². The molecule has 3 N–H and O–H groups in total. The smallest absolute Gasteiger partial charge is 0.0881 e. The molecule has 3 atom stereocenters. The number of aliphatic hydroxyl groups excluding tert-OH is 1. The third-order valence-electron chi connectivity index (χ3n) is 2.44. The Morgan fingerprint density at radius 1 is 1.44 bits per heavy atom. The molecule has 1 aliphatic heterocycles. The number of quaternary nitrogens is 1. The molecule has 54 valence electrons. The van der Waals surface area contributed by atoms with Crippen molar-refractivity contribution >= 4 is 0 Å². The van der Waals surface area contributed by atoms with Crippen molar-refractivity contribution in [3.8, 4) is 0 Å². The van der Waals surface area contributed by atoms with E-state index in [1.54, 1.807) is 0 Å². The van der Waals surface area contributed by atoms with Crippen LogP contribution in [0.1, 0.15) is 20.3 Å². The van der Waals surface area contributed by atoms with Crippen LogP contribution in [-0.2, 0) is 0 Å². The van der Waals surface area contributed by atoms with E-state index < -0.39 is 0 Å². The summed E-state index contributed by atoms with van der Waals surface area (Å²) in [5, 5.41) is 11.6. The van der Waals surface area contributed by atoms with Gasteiger partial charge in [-0.3, -0.25) is 0 Å². The summed E-state index contributed by atoms with van der Waals surface area (Å²) in [5.41, 5.74) is 0. The van der Waals surface area contributed by atoms with E-state index in [4.69, 9.17) is 0 Å². The lowest BCUT2D eigenvalue weighted by Gasteiger charge is -2.28. The lowest BCUT2D eigenvalue weighted by Crippen LogP contribution is -2.93. The maximum Gasteiger partial charge on any atom is 0.0881 e. The fraction of sp³-hybridized carbons (Fsp3) is 1.00. The average Bonchev–Trinajstić information content (AvgIpc) is 1.83. The Balaban J connectivity index is 2.41. The Bertz CT molecular complexity index is 84.9. The third-order valence-corrected chi connectivity index (χ3v) is 2.44. The second kappa shape index (κ2) is 2.67. The lowest BCUT2D eigenvalue weighted by atomic mass is 9.91. The molecule has 0 saturated carbocycles. The van der Waals surface area contributed by atoms with Gasteiger partial charge in [0.25, 0.3) is 0 Å². The Kier molecular flexibility index (Phi) is 2.09. The van der Waals surface area contributed by atoms with Gasteiger partial charge in [-0.2, -0.15) is 0 Å². The van der Waals surface area contributed by atoms with Crippen LogP contribution in [0.25, 0.3) is 0 Å². The standard InChI is InChI=1S/C7H15NO/c1-5-6(2)8-4-3-7(5)9/h5-9H,3-4H2,1-2H3/p+1/t5-,6-,7-/m1/s1. The van der Waals surface area contributed by atoms with E-state index in [0.717, 1.165) is 13.0 Å². The minimum Gasteiger partial charge on any atom is -0.392 e. The summed E-state index contributed by atoms with van der Waals surface area (Å²) >= 11 is 0. The van der Waals surface area contributed by atoms with Gasteiger partial charge in [-0.05, 0) is 6.92 Å². The number of piperidine rings is 1. The molecule has 2 nitrogen and oxygen atoms in total. The SMILES string of the molecule is C[C@H]1[C@H](O)CC[NH2+][C@@H]1C. The monoisotopic (exact) mass is 130 g/mol. The summed E-state index contributed by atoms with van der Waals surface area (Å²) in [7, 11) is 0. The largest absolute Gasteiger partial charge is 0.392 e. The Labute approximate surface area is 56.3 Å². The van der Waals surface area contributed by atoms with Crippen molar-refractivity contribution in [3.05, 3.63) is 0 Å². The van der Waals surface area contributed by atoms with Crippen LogP contribution in [0.3, 0.4) is 0 Å². The van der Waals surface area contributed by atoms with Crippen molar-refractivity contribution in [1.29, 1.82) is 0 Å². The molecule has 0 radical (unpaired) electrons. The molecule has 0 bridgehead atoms. The molecule has 0 amide bonds. The zero-order chi connectivity index (χ0) is 6.85. The topological polar surface area (TPSA) is 36.8 Å². The van der Waals surface area contributed by atoms with E-state index in [9.17, 15) is 5.11 Å². The molecule has 0 aromatic heterocycles. The molecule has 0 spiro atoms. The highest BCUT2D eigenvalue weighted by atomic mass is 16.3. The van der Waals surface area contributed by atoms with Gasteiger partial charge in [0.15, 0.2) is 0 Å². The van der Waals surface area contributed by atoms with E-state index in [1.807, 2.05) is 0 Å². The lowest BCUT2D eigenvalue weighted by molar-refractivity contribution is -0.704. The van der Waals surface area contributed by atoms with Gasteiger partial charge >= 0.3 is 0 Å². The van der Waals surface area contributed by atoms with Gasteiger partial charge in [-0.1, -0.05) is 6.92 Å². The van der Waals surface area contributed by atoms with Gasteiger partial charge < -0.3 is 10.4 Å². The molecular weight excluding hydrogens is 114 g/mol.